The number of phenols is 1. The lowest BCUT2D eigenvalue weighted by atomic mass is 9.66. The lowest BCUT2D eigenvalue weighted by molar-refractivity contribution is -0.363. The van der Waals surface area contributed by atoms with Gasteiger partial charge >= 0.3 is 12.1 Å². The molecule has 4 aliphatic heterocycles. The molecule has 4 heterocycles. The molecule has 0 bridgehead atoms. The van der Waals surface area contributed by atoms with Crippen molar-refractivity contribution in [3.63, 3.8) is 0 Å². The third-order valence-corrected chi connectivity index (χ3v) is 12.6. The van der Waals surface area contributed by atoms with E-state index in [1.807, 2.05) is 12.1 Å². The lowest BCUT2D eigenvalue weighted by Crippen LogP contribution is -2.64. The molecule has 0 aromatic heterocycles. The van der Waals surface area contributed by atoms with Crippen molar-refractivity contribution in [2.75, 3.05) is 40.8 Å². The highest BCUT2D eigenvalue weighted by atomic mass is 16.8. The highest BCUT2D eigenvalue weighted by molar-refractivity contribution is 5.79. The van der Waals surface area contributed by atoms with E-state index >= 15 is 0 Å². The summed E-state index contributed by atoms with van der Waals surface area (Å²) in [4.78, 5) is 27.0. The Labute approximate surface area is 370 Å². The monoisotopic (exact) mass is 879 g/mol. The second-order valence-electron chi connectivity index (χ2n) is 16.9. The van der Waals surface area contributed by atoms with Gasteiger partial charge in [-0.05, 0) is 86.4 Å². The summed E-state index contributed by atoms with van der Waals surface area (Å²) in [7, 11) is 2.87. The number of fused-ring (bicyclic) bond motifs is 4. The van der Waals surface area contributed by atoms with Crippen molar-refractivity contribution < 1.29 is 67.2 Å². The van der Waals surface area contributed by atoms with Crippen LogP contribution in [0.25, 0.3) is 0 Å². The lowest BCUT2D eigenvalue weighted by Gasteiger charge is -2.48. The number of benzene rings is 2. The zero-order chi connectivity index (χ0) is 44.3. The highest BCUT2D eigenvalue weighted by Gasteiger charge is 2.57. The Morgan fingerprint density at radius 2 is 1.51 bits per heavy atom. The van der Waals surface area contributed by atoms with E-state index in [0.717, 1.165) is 38.5 Å². The predicted octanol–water partition coefficient (Wildman–Crippen LogP) is 7.89. The highest BCUT2D eigenvalue weighted by Crippen LogP contribution is 2.57. The number of unbranched alkanes of at least 4 members (excludes halogenated alkanes) is 9. The minimum Gasteiger partial charge on any atom is -0.502 e. The van der Waals surface area contributed by atoms with Gasteiger partial charge in [-0.2, -0.15) is 0 Å². The van der Waals surface area contributed by atoms with Crippen LogP contribution < -0.4 is 24.3 Å². The number of hydrogen-bond donors (Lipinski definition) is 3. The number of hydrogen-bond acceptors (Lipinski definition) is 14. The molecule has 3 N–H and O–H groups in total. The molecule has 10 atom stereocenters. The molecule has 2 aromatic carbocycles. The number of nitrogens with one attached hydrogen (secondary N) is 1. The van der Waals surface area contributed by atoms with E-state index in [-0.39, 0.29) is 37.3 Å². The van der Waals surface area contributed by atoms with Crippen molar-refractivity contribution >= 4 is 12.1 Å². The molecule has 63 heavy (non-hydrogen) atoms. The van der Waals surface area contributed by atoms with Crippen LogP contribution in [0.5, 0.6) is 28.7 Å². The van der Waals surface area contributed by atoms with Crippen LogP contribution in [0.1, 0.15) is 120 Å². The maximum absolute atomic E-state index is 13.7. The quantitative estimate of drug-likeness (QED) is 0.0626. The number of aliphatic hydroxyl groups is 1. The van der Waals surface area contributed by atoms with Crippen LogP contribution in [-0.4, -0.2) is 100 Å². The van der Waals surface area contributed by atoms with E-state index in [0.29, 0.717) is 34.7 Å². The van der Waals surface area contributed by atoms with E-state index < -0.39 is 72.9 Å². The molecule has 7 rings (SSSR count). The van der Waals surface area contributed by atoms with Gasteiger partial charge in [0.05, 0.1) is 39.5 Å². The SMILES string of the molecule is CCCCCC=CCC=CCCCCCCCCNC(=O)O[C@H]1C2O[C@H](C)OC[C@H]2O[C@@H](O[C@@H]2c3cc4c(cc3[C@@H](c3cc(OC)c(O)c(OC)c3)[C@H]3C(=O)OC[C@@H]32)OCO4)[C@@H]1O. The molecule has 1 amide bonds. The van der Waals surface area contributed by atoms with Crippen LogP contribution in [0.15, 0.2) is 48.6 Å². The summed E-state index contributed by atoms with van der Waals surface area (Å²) >= 11 is 0. The van der Waals surface area contributed by atoms with Gasteiger partial charge in [0.25, 0.3) is 0 Å². The number of carbonyl (C=O) groups excluding carboxylic acids is 2. The first-order valence-electron chi connectivity index (χ1n) is 22.8. The van der Waals surface area contributed by atoms with Crippen molar-refractivity contribution in [2.24, 2.45) is 11.8 Å². The molecule has 2 aromatic rings. The number of rotatable bonds is 21. The molecular weight excluding hydrogens is 815 g/mol. The van der Waals surface area contributed by atoms with E-state index in [1.165, 1.54) is 52.7 Å². The molecule has 0 spiro atoms. The molecule has 0 saturated carbocycles. The number of aliphatic hydroxyl groups excluding tert-OH is 1. The zero-order valence-electron chi connectivity index (χ0n) is 37.0. The molecule has 0 radical (unpaired) electrons. The Morgan fingerprint density at radius 1 is 0.841 bits per heavy atom. The Balaban J connectivity index is 0.981. The van der Waals surface area contributed by atoms with Crippen molar-refractivity contribution in [2.45, 2.75) is 140 Å². The Hall–Kier alpha value is -4.54. The maximum Gasteiger partial charge on any atom is 0.407 e. The van der Waals surface area contributed by atoms with Crippen LogP contribution in [0, 0.1) is 11.8 Å². The molecule has 3 fully saturated rings. The molecule has 3 saturated heterocycles. The van der Waals surface area contributed by atoms with Gasteiger partial charge in [-0.3, -0.25) is 4.79 Å². The molecule has 1 aliphatic carbocycles. The van der Waals surface area contributed by atoms with Gasteiger partial charge in [0.2, 0.25) is 12.5 Å². The largest absolute Gasteiger partial charge is 0.502 e. The number of amides is 1. The fourth-order valence-electron chi connectivity index (χ4n) is 9.32. The van der Waals surface area contributed by atoms with Crippen molar-refractivity contribution in [1.82, 2.24) is 5.32 Å². The maximum atomic E-state index is 13.7. The number of esters is 1. The first kappa shape index (κ1) is 46.5. The molecule has 1 unspecified atom stereocenters. The average Bonchev–Trinajstić information content (AvgIpc) is 3.91. The van der Waals surface area contributed by atoms with Gasteiger partial charge in [0.15, 0.2) is 41.7 Å². The van der Waals surface area contributed by atoms with Crippen molar-refractivity contribution in [3.8, 4) is 28.7 Å². The summed E-state index contributed by atoms with van der Waals surface area (Å²) in [6.45, 7) is 4.50. The first-order chi connectivity index (χ1) is 30.7. The van der Waals surface area contributed by atoms with Gasteiger partial charge in [-0.1, -0.05) is 69.8 Å². The summed E-state index contributed by atoms with van der Waals surface area (Å²) in [6, 6.07) is 6.97. The number of aromatic hydroxyl groups is 1. The number of carbonyl (C=O) groups is 2. The second-order valence-corrected chi connectivity index (χ2v) is 16.9. The smallest absolute Gasteiger partial charge is 0.407 e. The van der Waals surface area contributed by atoms with Gasteiger partial charge in [-0.15, -0.1) is 0 Å². The molecule has 5 aliphatic rings. The van der Waals surface area contributed by atoms with Crippen LogP contribution in [0.3, 0.4) is 0 Å². The Morgan fingerprint density at radius 3 is 2.21 bits per heavy atom. The summed E-state index contributed by atoms with van der Waals surface area (Å²) < 4.78 is 59.1. The third kappa shape index (κ3) is 11.1. The standard InChI is InChI=1S/C48H65NO14/c1-5-6-7-8-9-10-11-12-13-14-15-16-17-18-19-20-21-49-48(53)63-45-42(51)47(61-38-27-56-29(2)60-44(38)45)62-43-32-25-35-34(58-28-59-35)24-31(32)39(40-33(43)26-57-46(40)52)30-22-36(54-3)41(50)37(23-30)55-4/h9-10,12-13,22-25,29,33,38-40,42-45,47,50-51H,5-8,11,14-21,26-28H2,1-4H3,(H,49,53)/t29-,33+,38-,39-,40+,42-,43-,44?,45-,47+/m1/s1. The fourth-order valence-corrected chi connectivity index (χ4v) is 9.32. The second kappa shape index (κ2) is 22.4. The number of ether oxygens (including phenoxy) is 10. The molecule has 15 nitrogen and oxygen atoms in total. The van der Waals surface area contributed by atoms with Gasteiger partial charge in [0.1, 0.15) is 18.3 Å². The molecule has 346 valence electrons. The number of cyclic esters (lactones) is 1. The third-order valence-electron chi connectivity index (χ3n) is 12.6. The van der Waals surface area contributed by atoms with E-state index in [1.54, 1.807) is 19.1 Å². The first-order valence-corrected chi connectivity index (χ1v) is 22.8. The predicted molar refractivity (Wildman–Crippen MR) is 230 cm³/mol. The fraction of sp³-hybridized carbons (Fsp3) is 0.625. The van der Waals surface area contributed by atoms with Gasteiger partial charge in [-0.25, -0.2) is 4.79 Å². The zero-order valence-corrected chi connectivity index (χ0v) is 37.0. The average molecular weight is 880 g/mol. The number of allylic oxidation sites excluding steroid dienone is 4. The topological polar surface area (TPSA) is 179 Å². The Kier molecular flexibility index (Phi) is 16.5. The van der Waals surface area contributed by atoms with Gasteiger partial charge < -0.3 is 62.9 Å². The number of phenolic OH excluding ortho intramolecular Hbond substituents is 1. The summed E-state index contributed by atoms with van der Waals surface area (Å²) in [5.41, 5.74) is 1.96. The van der Waals surface area contributed by atoms with E-state index in [4.69, 9.17) is 47.4 Å². The van der Waals surface area contributed by atoms with E-state index in [9.17, 15) is 19.8 Å². The van der Waals surface area contributed by atoms with Crippen molar-refractivity contribution in [1.29, 1.82) is 0 Å². The Bertz CT molecular complexity index is 1880. The van der Waals surface area contributed by atoms with Crippen LogP contribution in [-0.2, 0) is 33.2 Å². The summed E-state index contributed by atoms with van der Waals surface area (Å²) in [6.07, 6.45) is 14.8. The van der Waals surface area contributed by atoms with Crippen LogP contribution in [0.4, 0.5) is 4.79 Å². The minimum absolute atomic E-state index is 0.00707. The number of methoxy groups -OCH3 is 2. The van der Waals surface area contributed by atoms with Crippen LogP contribution in [0.2, 0.25) is 0 Å². The molecule has 15 heteroatoms. The number of alkyl carbamates (subject to hydrolysis) is 1. The minimum atomic E-state index is -1.48. The van der Waals surface area contributed by atoms with Crippen LogP contribution >= 0.6 is 0 Å². The molecular formula is C48H65NO14. The normalized spacial score (nSPS) is 28.4. The van der Waals surface area contributed by atoms with Crippen molar-refractivity contribution in [3.05, 3.63) is 65.3 Å². The summed E-state index contributed by atoms with van der Waals surface area (Å²) in [5.74, 6) is -1.25. The van der Waals surface area contributed by atoms with E-state index in [2.05, 4.69) is 36.5 Å². The van der Waals surface area contributed by atoms with Gasteiger partial charge in [0, 0.05) is 18.4 Å². The summed E-state index contributed by atoms with van der Waals surface area (Å²) in [5, 5.41) is 25.5.